The van der Waals surface area contributed by atoms with Crippen LogP contribution >= 0.6 is 11.3 Å². The second kappa shape index (κ2) is 19.1. The fraction of sp³-hybridized carbons (Fsp3) is 0.435. The van der Waals surface area contributed by atoms with E-state index in [1.807, 2.05) is 40.0 Å². The van der Waals surface area contributed by atoms with E-state index >= 15 is 0 Å². The van der Waals surface area contributed by atoms with Gasteiger partial charge >= 0.3 is 0 Å². The Morgan fingerprint density at radius 2 is 1.67 bits per heavy atom. The number of carbonyl (C=O) groups is 1. The minimum absolute atomic E-state index is 0. The van der Waals surface area contributed by atoms with Crippen molar-refractivity contribution in [3.8, 4) is 21.7 Å². The first-order chi connectivity index (χ1) is 24.6. The van der Waals surface area contributed by atoms with Crippen molar-refractivity contribution in [2.75, 3.05) is 0 Å². The normalized spacial score (nSPS) is 14.2. The SMILES string of the molecule is CCC(CC)C(=O)/C=C(\O)C(CC)CC.[2H]c1c(-c2ccc(C3CCCCC3)cc2C)sc2c(-c3[c-]c4ccccc4c(C(C)C)c3)nccc12.[Ir]. The van der Waals surface area contributed by atoms with Gasteiger partial charge < -0.3 is 5.11 Å². The number of rotatable bonds is 11. The van der Waals surface area contributed by atoms with Gasteiger partial charge in [0.25, 0.3) is 0 Å². The molecule has 0 spiro atoms. The molecule has 1 N–H and O–H groups in total. The Hall–Kier alpha value is -3.11. The van der Waals surface area contributed by atoms with Crippen molar-refractivity contribution in [3.05, 3.63) is 101 Å². The third kappa shape index (κ3) is 9.66. The Morgan fingerprint density at radius 3 is 2.31 bits per heavy atom. The molecule has 2 heterocycles. The molecule has 0 saturated heterocycles. The Bertz CT molecular complexity index is 1980. The number of pyridine rings is 1. The van der Waals surface area contributed by atoms with Crippen LogP contribution in [0.4, 0.5) is 0 Å². The van der Waals surface area contributed by atoms with E-state index in [0.717, 1.165) is 57.3 Å². The Balaban J connectivity index is 0.000000323. The number of aliphatic hydroxyl groups excluding tert-OH is 1. The summed E-state index contributed by atoms with van der Waals surface area (Å²) < 4.78 is 10.2. The third-order valence-corrected chi connectivity index (χ3v) is 11.8. The maximum absolute atomic E-state index is 11.7. The minimum Gasteiger partial charge on any atom is -0.512 e. The molecule has 0 unspecified atom stereocenters. The van der Waals surface area contributed by atoms with E-state index in [4.69, 9.17) is 6.35 Å². The molecule has 0 aliphatic heterocycles. The number of hydrogen-bond acceptors (Lipinski definition) is 4. The van der Waals surface area contributed by atoms with Gasteiger partial charge in [0.1, 0.15) is 0 Å². The smallest absolute Gasteiger partial charge is 0.162 e. The Labute approximate surface area is 325 Å². The van der Waals surface area contributed by atoms with E-state index < -0.39 is 0 Å². The van der Waals surface area contributed by atoms with Crippen molar-refractivity contribution in [2.45, 2.75) is 118 Å². The predicted octanol–water partition coefficient (Wildman–Crippen LogP) is 13.9. The standard InChI is InChI=1S/C33H32NS.C13H24O2.Ir/c1-21(2)30-19-27(18-25-11-7-8-12-29(25)30)32-33-26(15-16-34-32)20-31(35-33)28-14-13-24(17-22(28)3)23-9-5-4-6-10-23;1-5-10(6-2)12(14)9-13(15)11(7-3)8-4;/h7-8,11-17,19-21,23H,4-6,9-10H2,1-3H3;9-11,14H,5-8H2,1-4H3;/q-1;;/b;12-9-;/i20D;;. The molecule has 3 nitrogen and oxygen atoms in total. The van der Waals surface area contributed by atoms with Crippen LogP contribution in [0.1, 0.15) is 129 Å². The quantitative estimate of drug-likeness (QED) is 0.0817. The van der Waals surface area contributed by atoms with Gasteiger partial charge in [-0.1, -0.05) is 108 Å². The number of benzene rings is 3. The number of aryl methyl sites for hydroxylation is 1. The third-order valence-electron chi connectivity index (χ3n) is 10.7. The number of allylic oxidation sites excluding steroid dienone is 2. The Kier molecular flexibility index (Phi) is 14.6. The first-order valence-electron chi connectivity index (χ1n) is 19.5. The van der Waals surface area contributed by atoms with E-state index in [-0.39, 0.29) is 43.5 Å². The molecule has 1 radical (unpaired) electrons. The summed E-state index contributed by atoms with van der Waals surface area (Å²) >= 11 is 1.70. The summed E-state index contributed by atoms with van der Waals surface area (Å²) in [5.74, 6) is 1.64. The average molecular weight is 880 g/mol. The molecule has 1 aliphatic rings. The van der Waals surface area contributed by atoms with Crippen LogP contribution in [0.2, 0.25) is 0 Å². The largest absolute Gasteiger partial charge is 0.512 e. The molecule has 0 amide bonds. The summed E-state index contributed by atoms with van der Waals surface area (Å²) in [5.41, 5.74) is 7.18. The first kappa shape index (κ1) is 39.1. The molecule has 3 aromatic carbocycles. The van der Waals surface area contributed by atoms with Crippen molar-refractivity contribution in [2.24, 2.45) is 11.8 Å². The van der Waals surface area contributed by atoms with Gasteiger partial charge in [-0.3, -0.25) is 9.78 Å². The number of aromatic nitrogens is 1. The number of aliphatic hydroxyl groups is 1. The van der Waals surface area contributed by atoms with Crippen LogP contribution in [0.5, 0.6) is 0 Å². The molecular formula is C46H56IrNO2S-. The molecule has 51 heavy (non-hydrogen) atoms. The van der Waals surface area contributed by atoms with Gasteiger partial charge in [-0.15, -0.1) is 40.5 Å². The Morgan fingerprint density at radius 1 is 0.980 bits per heavy atom. The molecular weight excluding hydrogens is 823 g/mol. The fourth-order valence-electron chi connectivity index (χ4n) is 7.49. The van der Waals surface area contributed by atoms with Gasteiger partial charge in [0.15, 0.2) is 5.78 Å². The predicted molar refractivity (Wildman–Crippen MR) is 215 cm³/mol. The number of thiophene rings is 1. The zero-order valence-electron chi connectivity index (χ0n) is 32.6. The average Bonchev–Trinajstić information content (AvgIpc) is 3.48. The van der Waals surface area contributed by atoms with Crippen LogP contribution in [0, 0.1) is 24.8 Å². The number of fused-ring (bicyclic) bond motifs is 2. The molecule has 1 fully saturated rings. The fourth-order valence-corrected chi connectivity index (χ4v) is 8.68. The van der Waals surface area contributed by atoms with Crippen molar-refractivity contribution in [3.63, 3.8) is 0 Å². The monoisotopic (exact) mass is 880 g/mol. The number of carbonyl (C=O) groups excluding carboxylic acids is 1. The van der Waals surface area contributed by atoms with Crippen molar-refractivity contribution in [1.29, 1.82) is 0 Å². The maximum Gasteiger partial charge on any atom is 0.162 e. The molecule has 273 valence electrons. The molecule has 2 aromatic heterocycles. The van der Waals surface area contributed by atoms with E-state index in [1.54, 1.807) is 11.3 Å². The van der Waals surface area contributed by atoms with Crippen LogP contribution in [-0.2, 0) is 24.9 Å². The van der Waals surface area contributed by atoms with Crippen molar-refractivity contribution < 1.29 is 31.4 Å². The van der Waals surface area contributed by atoms with Crippen molar-refractivity contribution in [1.82, 2.24) is 4.98 Å². The summed E-state index contributed by atoms with van der Waals surface area (Å²) in [7, 11) is 0. The molecule has 1 aliphatic carbocycles. The second-order valence-electron chi connectivity index (χ2n) is 14.3. The van der Waals surface area contributed by atoms with Gasteiger partial charge in [-0.25, -0.2) is 0 Å². The van der Waals surface area contributed by atoms with Crippen LogP contribution in [0.25, 0.3) is 42.6 Å². The van der Waals surface area contributed by atoms with E-state index in [1.165, 1.54) is 65.8 Å². The van der Waals surface area contributed by atoms with E-state index in [0.29, 0.717) is 17.9 Å². The van der Waals surface area contributed by atoms with Crippen LogP contribution < -0.4 is 0 Å². The van der Waals surface area contributed by atoms with Gasteiger partial charge in [0.05, 0.1) is 7.13 Å². The summed E-state index contributed by atoms with van der Waals surface area (Å²) in [4.78, 5) is 17.6. The number of hydrogen-bond donors (Lipinski definition) is 1. The van der Waals surface area contributed by atoms with Gasteiger partial charge in [0.2, 0.25) is 0 Å². The molecule has 5 heteroatoms. The summed E-state index contributed by atoms with van der Waals surface area (Å²) in [6.07, 6.45) is 13.4. The number of nitrogens with zero attached hydrogens (tertiary/aromatic N) is 1. The maximum atomic E-state index is 11.7. The van der Waals surface area contributed by atoms with Crippen LogP contribution in [0.15, 0.2) is 78.7 Å². The summed E-state index contributed by atoms with van der Waals surface area (Å²) in [6.45, 7) is 14.8. The van der Waals surface area contributed by atoms with Gasteiger partial charge in [-0.05, 0) is 91.5 Å². The number of ketones is 1. The molecule has 1 saturated carbocycles. The molecule has 6 rings (SSSR count). The van der Waals surface area contributed by atoms with E-state index in [2.05, 4.69) is 75.4 Å². The van der Waals surface area contributed by atoms with Gasteiger partial charge in [0, 0.05) is 59.5 Å². The summed E-state index contributed by atoms with van der Waals surface area (Å²) in [5, 5.41) is 13.1. The molecule has 0 bridgehead atoms. The zero-order chi connectivity index (χ0) is 36.7. The zero-order valence-corrected chi connectivity index (χ0v) is 34.8. The second-order valence-corrected chi connectivity index (χ2v) is 15.4. The molecule has 5 aromatic rings. The molecule has 0 atom stereocenters. The van der Waals surface area contributed by atoms with Crippen LogP contribution in [-0.4, -0.2) is 15.9 Å². The van der Waals surface area contributed by atoms with Gasteiger partial charge in [-0.2, -0.15) is 0 Å². The van der Waals surface area contributed by atoms with E-state index in [9.17, 15) is 9.90 Å². The topological polar surface area (TPSA) is 50.2 Å². The van der Waals surface area contributed by atoms with Crippen LogP contribution in [0.3, 0.4) is 0 Å². The first-order valence-corrected chi connectivity index (χ1v) is 19.8. The minimum atomic E-state index is 0. The summed E-state index contributed by atoms with van der Waals surface area (Å²) in [6, 6.07) is 23.9. The van der Waals surface area contributed by atoms with Crippen molar-refractivity contribution >= 4 is 38.0 Å².